The van der Waals surface area contributed by atoms with Crippen molar-refractivity contribution in [1.29, 1.82) is 0 Å². The minimum absolute atomic E-state index is 0. The van der Waals surface area contributed by atoms with Gasteiger partial charge in [0, 0.05) is 23.3 Å². The van der Waals surface area contributed by atoms with E-state index in [1.165, 1.54) is 10.7 Å². The van der Waals surface area contributed by atoms with E-state index in [4.69, 9.17) is 5.73 Å². The second-order valence-electron chi connectivity index (χ2n) is 6.05. The van der Waals surface area contributed by atoms with Crippen LogP contribution in [0.25, 0.3) is 5.69 Å². The number of rotatable bonds is 4. The second-order valence-corrected chi connectivity index (χ2v) is 6.05. The molecule has 0 spiro atoms. The Morgan fingerprint density at radius 2 is 2.00 bits per heavy atom. The standard InChI is InChI=1S/C16H21FN4O.ClH/c1-10-7-11(2)21(20-10)14-6-5-12(8-13(14)17)15(22)19-16(3,4)9-18;/h5-8H,9,18H2,1-4H3,(H,19,22);1H. The molecule has 1 aromatic heterocycles. The van der Waals surface area contributed by atoms with Crippen molar-refractivity contribution in [2.75, 3.05) is 6.54 Å². The average molecular weight is 341 g/mol. The topological polar surface area (TPSA) is 72.9 Å². The molecular weight excluding hydrogens is 319 g/mol. The number of benzene rings is 1. The minimum Gasteiger partial charge on any atom is -0.346 e. The van der Waals surface area contributed by atoms with E-state index in [1.807, 2.05) is 33.8 Å². The molecule has 1 aromatic carbocycles. The summed E-state index contributed by atoms with van der Waals surface area (Å²) in [5, 5.41) is 7.02. The van der Waals surface area contributed by atoms with Gasteiger partial charge in [-0.05, 0) is 52.0 Å². The van der Waals surface area contributed by atoms with Crippen molar-refractivity contribution in [1.82, 2.24) is 15.1 Å². The lowest BCUT2D eigenvalue weighted by Gasteiger charge is -2.24. The number of halogens is 2. The summed E-state index contributed by atoms with van der Waals surface area (Å²) in [6.07, 6.45) is 0. The molecular formula is C16H22ClFN4O. The molecule has 0 aliphatic heterocycles. The van der Waals surface area contributed by atoms with E-state index in [-0.39, 0.29) is 23.9 Å². The van der Waals surface area contributed by atoms with Gasteiger partial charge < -0.3 is 11.1 Å². The van der Waals surface area contributed by atoms with E-state index in [9.17, 15) is 9.18 Å². The van der Waals surface area contributed by atoms with Crippen molar-refractivity contribution < 1.29 is 9.18 Å². The van der Waals surface area contributed by atoms with Gasteiger partial charge in [0.25, 0.3) is 5.91 Å². The molecule has 2 rings (SSSR count). The van der Waals surface area contributed by atoms with Crippen LogP contribution in [0.1, 0.15) is 35.6 Å². The maximum Gasteiger partial charge on any atom is 0.251 e. The zero-order valence-electron chi connectivity index (χ0n) is 13.7. The average Bonchev–Trinajstić information content (AvgIpc) is 2.77. The summed E-state index contributed by atoms with van der Waals surface area (Å²) in [5.41, 5.74) is 7.26. The molecule has 1 heterocycles. The molecule has 1 amide bonds. The van der Waals surface area contributed by atoms with E-state index in [0.717, 1.165) is 11.4 Å². The van der Waals surface area contributed by atoms with Crippen molar-refractivity contribution in [3.05, 3.63) is 47.0 Å². The fourth-order valence-electron chi connectivity index (χ4n) is 2.12. The van der Waals surface area contributed by atoms with Crippen molar-refractivity contribution in [2.24, 2.45) is 5.73 Å². The van der Waals surface area contributed by atoms with Crippen molar-refractivity contribution in [3.8, 4) is 5.69 Å². The van der Waals surface area contributed by atoms with Crippen LogP contribution in [-0.2, 0) is 0 Å². The molecule has 0 saturated heterocycles. The maximum absolute atomic E-state index is 14.3. The summed E-state index contributed by atoms with van der Waals surface area (Å²) in [4.78, 5) is 12.1. The monoisotopic (exact) mass is 340 g/mol. The Labute approximate surface area is 141 Å². The molecule has 126 valence electrons. The highest BCUT2D eigenvalue weighted by atomic mass is 35.5. The van der Waals surface area contributed by atoms with Gasteiger partial charge in [0.2, 0.25) is 0 Å². The fourth-order valence-corrected chi connectivity index (χ4v) is 2.12. The highest BCUT2D eigenvalue weighted by molar-refractivity contribution is 5.94. The number of nitrogens with zero attached hydrogens (tertiary/aromatic N) is 2. The maximum atomic E-state index is 14.3. The first kappa shape index (κ1) is 19.1. The third-order valence-corrected chi connectivity index (χ3v) is 3.41. The summed E-state index contributed by atoms with van der Waals surface area (Å²) in [6.45, 7) is 7.62. The van der Waals surface area contributed by atoms with Crippen LogP contribution in [-0.4, -0.2) is 27.8 Å². The van der Waals surface area contributed by atoms with Gasteiger partial charge in [0.05, 0.1) is 5.69 Å². The normalized spacial score (nSPS) is 11.0. The van der Waals surface area contributed by atoms with Gasteiger partial charge in [-0.2, -0.15) is 5.10 Å². The molecule has 0 bridgehead atoms. The minimum atomic E-state index is -0.540. The molecule has 2 aromatic rings. The molecule has 5 nitrogen and oxygen atoms in total. The first-order valence-electron chi connectivity index (χ1n) is 7.09. The van der Waals surface area contributed by atoms with Crippen LogP contribution in [0, 0.1) is 19.7 Å². The number of hydrogen-bond acceptors (Lipinski definition) is 3. The highest BCUT2D eigenvalue weighted by Crippen LogP contribution is 2.18. The number of carbonyl (C=O) groups excluding carboxylic acids is 1. The van der Waals surface area contributed by atoms with E-state index < -0.39 is 11.4 Å². The lowest BCUT2D eigenvalue weighted by atomic mass is 10.0. The lowest BCUT2D eigenvalue weighted by Crippen LogP contribution is -2.48. The lowest BCUT2D eigenvalue weighted by molar-refractivity contribution is 0.0915. The molecule has 0 aliphatic carbocycles. The van der Waals surface area contributed by atoms with Crippen LogP contribution in [0.4, 0.5) is 4.39 Å². The predicted molar refractivity (Wildman–Crippen MR) is 90.8 cm³/mol. The van der Waals surface area contributed by atoms with Gasteiger partial charge in [-0.3, -0.25) is 4.79 Å². The summed E-state index contributed by atoms with van der Waals surface area (Å²) >= 11 is 0. The molecule has 0 fully saturated rings. The Morgan fingerprint density at radius 1 is 1.35 bits per heavy atom. The Bertz CT molecular complexity index is 712. The third kappa shape index (κ3) is 4.30. The summed E-state index contributed by atoms with van der Waals surface area (Å²) in [6, 6.07) is 6.22. The predicted octanol–water partition coefficient (Wildman–Crippen LogP) is 2.52. The van der Waals surface area contributed by atoms with E-state index in [0.29, 0.717) is 12.2 Å². The number of nitrogens with two attached hydrogens (primary N) is 1. The van der Waals surface area contributed by atoms with Crippen LogP contribution in [0.5, 0.6) is 0 Å². The van der Waals surface area contributed by atoms with Gasteiger partial charge in [0.15, 0.2) is 0 Å². The number of carbonyl (C=O) groups is 1. The molecule has 0 atom stereocenters. The quantitative estimate of drug-likeness (QED) is 0.898. The van der Waals surface area contributed by atoms with Crippen LogP contribution >= 0.6 is 12.4 Å². The molecule has 0 radical (unpaired) electrons. The van der Waals surface area contributed by atoms with E-state index >= 15 is 0 Å². The largest absolute Gasteiger partial charge is 0.346 e. The van der Waals surface area contributed by atoms with E-state index in [1.54, 1.807) is 12.1 Å². The first-order valence-corrected chi connectivity index (χ1v) is 7.09. The fraction of sp³-hybridized carbons (Fsp3) is 0.375. The number of aryl methyl sites for hydroxylation is 2. The van der Waals surface area contributed by atoms with Gasteiger partial charge in [-0.15, -0.1) is 12.4 Å². The summed E-state index contributed by atoms with van der Waals surface area (Å²) in [5.74, 6) is -0.848. The Kier molecular flexibility index (Phi) is 5.91. The number of aromatic nitrogens is 2. The Balaban J connectivity index is 0.00000264. The summed E-state index contributed by atoms with van der Waals surface area (Å²) < 4.78 is 15.9. The summed E-state index contributed by atoms with van der Waals surface area (Å²) in [7, 11) is 0. The van der Waals surface area contributed by atoms with Gasteiger partial charge in [-0.1, -0.05) is 0 Å². The molecule has 0 saturated carbocycles. The van der Waals surface area contributed by atoms with Crippen molar-refractivity contribution >= 4 is 18.3 Å². The Morgan fingerprint density at radius 3 is 2.48 bits per heavy atom. The third-order valence-electron chi connectivity index (χ3n) is 3.41. The Hall–Kier alpha value is -1.92. The van der Waals surface area contributed by atoms with Crippen LogP contribution in [0.15, 0.2) is 24.3 Å². The van der Waals surface area contributed by atoms with Crippen molar-refractivity contribution in [3.63, 3.8) is 0 Å². The second kappa shape index (κ2) is 7.10. The number of nitrogens with one attached hydrogen (secondary N) is 1. The van der Waals surface area contributed by atoms with Crippen LogP contribution in [0.2, 0.25) is 0 Å². The molecule has 3 N–H and O–H groups in total. The van der Waals surface area contributed by atoms with Crippen molar-refractivity contribution in [2.45, 2.75) is 33.2 Å². The molecule has 7 heteroatoms. The number of amides is 1. The highest BCUT2D eigenvalue weighted by Gasteiger charge is 2.20. The molecule has 23 heavy (non-hydrogen) atoms. The van der Waals surface area contributed by atoms with Gasteiger partial charge in [-0.25, -0.2) is 9.07 Å². The van der Waals surface area contributed by atoms with Crippen LogP contribution < -0.4 is 11.1 Å². The van der Waals surface area contributed by atoms with Crippen LogP contribution in [0.3, 0.4) is 0 Å². The zero-order chi connectivity index (χ0) is 16.5. The van der Waals surface area contributed by atoms with E-state index in [2.05, 4.69) is 10.4 Å². The number of hydrogen-bond donors (Lipinski definition) is 2. The van der Waals surface area contributed by atoms with Gasteiger partial charge >= 0.3 is 0 Å². The van der Waals surface area contributed by atoms with Gasteiger partial charge in [0.1, 0.15) is 11.5 Å². The SMILES string of the molecule is Cc1cc(C)n(-c2ccc(C(=O)NC(C)(C)CN)cc2F)n1.Cl. The molecule has 0 aliphatic rings. The molecule has 0 unspecified atom stereocenters. The smallest absolute Gasteiger partial charge is 0.251 e. The first-order chi connectivity index (χ1) is 10.2. The zero-order valence-corrected chi connectivity index (χ0v) is 14.5.